The van der Waals surface area contributed by atoms with Crippen molar-refractivity contribution in [3.63, 3.8) is 0 Å². The highest BCUT2D eigenvalue weighted by atomic mass is 31.2. The van der Waals surface area contributed by atoms with Crippen molar-refractivity contribution in [1.29, 1.82) is 0 Å². The molecule has 0 amide bonds. The summed E-state index contributed by atoms with van der Waals surface area (Å²) in [7, 11) is -4.82. The monoisotopic (exact) mass is 1070 g/mol. The lowest BCUT2D eigenvalue weighted by Crippen LogP contribution is -2.30. The number of aliphatic hydroxyl groups excluding tert-OH is 1. The molecular weight excluding hydrogens is 976 g/mol. The Morgan fingerprint density at radius 2 is 0.697 bits per heavy atom. The van der Waals surface area contributed by atoms with Gasteiger partial charge in [0.05, 0.1) is 32.7 Å². The van der Waals surface area contributed by atoms with Crippen LogP contribution >= 0.6 is 7.82 Å². The minimum absolute atomic E-state index is 0.0309. The van der Waals surface area contributed by atoms with Crippen molar-refractivity contribution in [3.05, 3.63) is 182 Å². The van der Waals surface area contributed by atoms with E-state index in [0.29, 0.717) is 19.3 Å². The van der Waals surface area contributed by atoms with Crippen LogP contribution in [0.3, 0.4) is 0 Å². The molecule has 0 heterocycles. The summed E-state index contributed by atoms with van der Waals surface area (Å²) in [5.74, 6) is -1.82. The van der Waals surface area contributed by atoms with E-state index < -0.39 is 64.4 Å². The molecule has 76 heavy (non-hydrogen) atoms. The van der Waals surface area contributed by atoms with E-state index >= 15 is 0 Å². The SMILES string of the molecule is CC/C=C\C/C=C\C/C=C\C/C=C\C/C=C\CCCCCC(=O)OC(COC(=O)C/C=C\C/C=C\C/C=C\C/C=C\C/C=C\CC)COP(=O)(O)OCC(CO)OC(=O)C/C=C\C/C=C\C/C=C\C/C=C\C/C=C\CC. The van der Waals surface area contributed by atoms with Gasteiger partial charge in [0.2, 0.25) is 0 Å². The van der Waals surface area contributed by atoms with E-state index in [1.54, 1.807) is 12.2 Å². The minimum atomic E-state index is -4.82. The smallest absolute Gasteiger partial charge is 0.461 e. The first-order valence-corrected chi connectivity index (χ1v) is 29.2. The second-order valence-electron chi connectivity index (χ2n) is 17.3. The van der Waals surface area contributed by atoms with Crippen LogP contribution in [0.15, 0.2) is 182 Å². The molecule has 0 saturated heterocycles. The van der Waals surface area contributed by atoms with Crippen molar-refractivity contribution in [2.45, 2.75) is 174 Å². The zero-order valence-electron chi connectivity index (χ0n) is 46.4. The zero-order chi connectivity index (χ0) is 55.5. The molecule has 0 saturated carbocycles. The van der Waals surface area contributed by atoms with E-state index in [1.807, 2.05) is 36.5 Å². The number of ether oxygens (including phenoxy) is 3. The Bertz CT molecular complexity index is 1970. The Morgan fingerprint density at radius 1 is 0.382 bits per heavy atom. The van der Waals surface area contributed by atoms with E-state index in [-0.39, 0.29) is 19.3 Å². The lowest BCUT2D eigenvalue weighted by Gasteiger charge is -2.21. The van der Waals surface area contributed by atoms with Crippen LogP contribution < -0.4 is 0 Å². The maximum absolute atomic E-state index is 12.9. The van der Waals surface area contributed by atoms with Crippen LogP contribution in [0.25, 0.3) is 0 Å². The zero-order valence-corrected chi connectivity index (χ0v) is 47.3. The fraction of sp³-hybridized carbons (Fsp3) is 0.484. The fourth-order valence-electron chi connectivity index (χ4n) is 6.29. The second kappa shape index (κ2) is 55.8. The van der Waals surface area contributed by atoms with Gasteiger partial charge in [-0.3, -0.25) is 23.4 Å². The fourth-order valence-corrected chi connectivity index (χ4v) is 7.08. The molecule has 0 aromatic carbocycles. The third-order valence-corrected chi connectivity index (χ3v) is 11.3. The molecule has 3 unspecified atom stereocenters. The topological polar surface area (TPSA) is 155 Å². The lowest BCUT2D eigenvalue weighted by atomic mass is 10.1. The average Bonchev–Trinajstić information content (AvgIpc) is 3.41. The summed E-state index contributed by atoms with van der Waals surface area (Å²) in [5, 5.41) is 9.78. The number of hydrogen-bond donors (Lipinski definition) is 2. The van der Waals surface area contributed by atoms with Gasteiger partial charge in [0.15, 0.2) is 6.10 Å². The van der Waals surface area contributed by atoms with Crippen LogP contribution in [0.2, 0.25) is 0 Å². The molecule has 2 N–H and O–H groups in total. The summed E-state index contributed by atoms with van der Waals surface area (Å²) < 4.78 is 39.2. The maximum atomic E-state index is 12.9. The normalized spacial score (nSPS) is 14.8. The Balaban J connectivity index is 5.02. The second-order valence-corrected chi connectivity index (χ2v) is 18.7. The molecule has 0 aliphatic heterocycles. The maximum Gasteiger partial charge on any atom is 0.472 e. The van der Waals surface area contributed by atoms with E-state index in [4.69, 9.17) is 23.3 Å². The quantitative estimate of drug-likeness (QED) is 0.0197. The first-order chi connectivity index (χ1) is 37.2. The lowest BCUT2D eigenvalue weighted by molar-refractivity contribution is -0.161. The molecule has 0 aliphatic carbocycles. The molecule has 11 nitrogen and oxygen atoms in total. The highest BCUT2D eigenvalue weighted by Gasteiger charge is 2.28. The Labute approximate surface area is 459 Å². The summed E-state index contributed by atoms with van der Waals surface area (Å²) in [4.78, 5) is 48.4. The van der Waals surface area contributed by atoms with Gasteiger partial charge in [0.1, 0.15) is 12.7 Å². The van der Waals surface area contributed by atoms with Gasteiger partial charge in [-0.05, 0) is 116 Å². The average molecular weight is 1070 g/mol. The van der Waals surface area contributed by atoms with Gasteiger partial charge in [-0.15, -0.1) is 0 Å². The molecule has 0 rings (SSSR count). The van der Waals surface area contributed by atoms with Crippen molar-refractivity contribution in [2.24, 2.45) is 0 Å². The number of carbonyl (C=O) groups is 3. The van der Waals surface area contributed by atoms with Gasteiger partial charge in [-0.1, -0.05) is 209 Å². The van der Waals surface area contributed by atoms with Crippen molar-refractivity contribution in [3.8, 4) is 0 Å². The molecule has 0 fully saturated rings. The number of allylic oxidation sites excluding steroid dienone is 28. The van der Waals surface area contributed by atoms with Crippen molar-refractivity contribution >= 4 is 25.7 Å². The third kappa shape index (κ3) is 53.4. The highest BCUT2D eigenvalue weighted by Crippen LogP contribution is 2.43. The molecule has 422 valence electrons. The van der Waals surface area contributed by atoms with Crippen molar-refractivity contribution < 1.29 is 52.2 Å². The van der Waals surface area contributed by atoms with Gasteiger partial charge in [-0.2, -0.15) is 0 Å². The highest BCUT2D eigenvalue weighted by molar-refractivity contribution is 7.47. The van der Waals surface area contributed by atoms with Crippen molar-refractivity contribution in [2.75, 3.05) is 26.4 Å². The van der Waals surface area contributed by atoms with Crippen LogP contribution in [-0.2, 0) is 42.2 Å². The Morgan fingerprint density at radius 3 is 1.07 bits per heavy atom. The Hall–Kier alpha value is -5.42. The molecule has 0 aromatic rings. The van der Waals surface area contributed by atoms with Gasteiger partial charge >= 0.3 is 25.7 Å². The van der Waals surface area contributed by atoms with Gasteiger partial charge in [-0.25, -0.2) is 4.57 Å². The predicted molar refractivity (Wildman–Crippen MR) is 315 cm³/mol. The first-order valence-electron chi connectivity index (χ1n) is 27.7. The van der Waals surface area contributed by atoms with Crippen LogP contribution in [0.4, 0.5) is 0 Å². The number of aliphatic hydroxyl groups is 1. The van der Waals surface area contributed by atoms with Crippen LogP contribution in [-0.4, -0.2) is 66.5 Å². The van der Waals surface area contributed by atoms with Crippen LogP contribution in [0.1, 0.15) is 162 Å². The third-order valence-electron chi connectivity index (χ3n) is 10.4. The largest absolute Gasteiger partial charge is 0.472 e. The van der Waals surface area contributed by atoms with E-state index in [1.165, 1.54) is 0 Å². The number of phosphoric ester groups is 1. The molecule has 0 radical (unpaired) electrons. The summed E-state index contributed by atoms with van der Waals surface area (Å²) in [6.45, 7) is 3.99. The number of carbonyl (C=O) groups excluding carboxylic acids is 3. The Kier molecular flexibility index (Phi) is 51.8. The first kappa shape index (κ1) is 70.6. The summed E-state index contributed by atoms with van der Waals surface area (Å²) >= 11 is 0. The van der Waals surface area contributed by atoms with Gasteiger partial charge < -0.3 is 24.2 Å². The molecule has 0 aliphatic rings. The van der Waals surface area contributed by atoms with E-state index in [0.717, 1.165) is 103 Å². The molecule has 3 atom stereocenters. The van der Waals surface area contributed by atoms with E-state index in [2.05, 4.69) is 154 Å². The minimum Gasteiger partial charge on any atom is -0.461 e. The standard InChI is InChI=1S/C64H95O11P/c1-4-7-10-13-16-19-22-25-28-29-30-31-34-37-40-43-46-49-52-55-64(68)75-61(57-71-62(66)53-50-47-44-41-38-35-32-26-23-20-17-14-11-8-5-2)59-73-76(69,70)72-58-60(56-65)74-63(67)54-51-48-45-42-39-36-33-27-24-21-18-15-12-9-6-3/h7-12,16-21,25-28,30-33,37-42,47-48,50-51,60-61,65H,4-6,13-15,22-24,29,34-36,43-46,49,52-59H2,1-3H3,(H,69,70)/b10-7-,11-8-,12-9-,19-16-,20-17-,21-18-,28-25-,31-30-,32-26-,33-27-,40-37-,41-38-,42-39-,50-47-,51-48-. The molecular formula is C64H95O11P. The summed E-state index contributed by atoms with van der Waals surface area (Å²) in [5.41, 5.74) is 0. The molecule has 0 bridgehead atoms. The van der Waals surface area contributed by atoms with Gasteiger partial charge in [0.25, 0.3) is 0 Å². The van der Waals surface area contributed by atoms with Gasteiger partial charge in [0, 0.05) is 6.42 Å². The number of unbranched alkanes of at least 4 members (excludes halogenated alkanes) is 3. The van der Waals surface area contributed by atoms with Crippen molar-refractivity contribution in [1.82, 2.24) is 0 Å². The summed E-state index contributed by atoms with van der Waals surface area (Å²) in [6.07, 6.45) is 76.3. The number of phosphoric acid groups is 1. The predicted octanol–water partition coefficient (Wildman–Crippen LogP) is 16.5. The van der Waals surface area contributed by atoms with E-state index in [9.17, 15) is 28.9 Å². The number of hydrogen-bond acceptors (Lipinski definition) is 10. The summed E-state index contributed by atoms with van der Waals surface area (Å²) in [6, 6.07) is 0. The molecule has 0 spiro atoms. The van der Waals surface area contributed by atoms with Crippen LogP contribution in [0, 0.1) is 0 Å². The molecule has 12 heteroatoms. The number of rotatable bonds is 48. The number of esters is 3. The van der Waals surface area contributed by atoms with Crippen LogP contribution in [0.5, 0.6) is 0 Å². The molecule has 0 aromatic heterocycles.